The Labute approximate surface area is 132 Å². The minimum absolute atomic E-state index is 0.0824. The first-order valence-electron chi connectivity index (χ1n) is 5.85. The van der Waals surface area contributed by atoms with E-state index in [4.69, 9.17) is 0 Å². The Morgan fingerprint density at radius 3 is 2.76 bits per heavy atom. The lowest BCUT2D eigenvalue weighted by atomic mass is 10.1. The summed E-state index contributed by atoms with van der Waals surface area (Å²) in [6.07, 6.45) is 0. The lowest BCUT2D eigenvalue weighted by Crippen LogP contribution is -2.20. The quantitative estimate of drug-likeness (QED) is 0.639. The number of carbonyl (C=O) groups is 1. The van der Waals surface area contributed by atoms with Crippen LogP contribution in [0, 0.1) is 10.1 Å². The SMILES string of the molecule is CN(Cc1csc(Br)c1)c1c(C(=O)O)cccc1[N+](=O)[O-]. The van der Waals surface area contributed by atoms with Crippen molar-refractivity contribution in [3.8, 4) is 0 Å². The van der Waals surface area contributed by atoms with Crippen LogP contribution < -0.4 is 4.90 Å². The molecule has 6 nitrogen and oxygen atoms in total. The van der Waals surface area contributed by atoms with Crippen LogP contribution in [-0.4, -0.2) is 23.0 Å². The molecule has 8 heteroatoms. The van der Waals surface area contributed by atoms with E-state index >= 15 is 0 Å². The summed E-state index contributed by atoms with van der Waals surface area (Å²) in [5, 5.41) is 22.3. The first-order chi connectivity index (χ1) is 9.90. The van der Waals surface area contributed by atoms with Crippen molar-refractivity contribution in [3.63, 3.8) is 0 Å². The summed E-state index contributed by atoms with van der Waals surface area (Å²) >= 11 is 4.85. The summed E-state index contributed by atoms with van der Waals surface area (Å²) in [7, 11) is 1.64. The van der Waals surface area contributed by atoms with Gasteiger partial charge in [0.2, 0.25) is 0 Å². The Morgan fingerprint density at radius 2 is 2.24 bits per heavy atom. The van der Waals surface area contributed by atoms with Crippen molar-refractivity contribution in [2.24, 2.45) is 0 Å². The molecule has 2 aromatic rings. The number of benzene rings is 1. The maximum atomic E-state index is 11.3. The van der Waals surface area contributed by atoms with Crippen molar-refractivity contribution in [2.45, 2.75) is 6.54 Å². The molecular formula is C13H11BrN2O4S. The van der Waals surface area contributed by atoms with E-state index in [0.717, 1.165) is 9.35 Å². The van der Waals surface area contributed by atoms with Crippen molar-refractivity contribution in [2.75, 3.05) is 11.9 Å². The minimum Gasteiger partial charge on any atom is -0.478 e. The van der Waals surface area contributed by atoms with Gasteiger partial charge in [0.1, 0.15) is 5.69 Å². The predicted molar refractivity (Wildman–Crippen MR) is 84.2 cm³/mol. The number of hydrogen-bond acceptors (Lipinski definition) is 5. The van der Waals surface area contributed by atoms with E-state index in [1.165, 1.54) is 29.5 Å². The molecule has 0 unspecified atom stereocenters. The van der Waals surface area contributed by atoms with Crippen molar-refractivity contribution in [1.82, 2.24) is 0 Å². The molecule has 1 aromatic heterocycles. The van der Waals surface area contributed by atoms with Crippen LogP contribution in [0.3, 0.4) is 0 Å². The summed E-state index contributed by atoms with van der Waals surface area (Å²) in [4.78, 5) is 23.5. The molecule has 1 N–H and O–H groups in total. The Hall–Kier alpha value is -1.93. The van der Waals surface area contributed by atoms with Gasteiger partial charge in [0, 0.05) is 19.7 Å². The maximum Gasteiger partial charge on any atom is 0.338 e. The van der Waals surface area contributed by atoms with Gasteiger partial charge in [-0.15, -0.1) is 11.3 Å². The third-order valence-corrected chi connectivity index (χ3v) is 4.42. The number of anilines is 1. The largest absolute Gasteiger partial charge is 0.478 e. The highest BCUT2D eigenvalue weighted by Gasteiger charge is 2.24. The number of para-hydroxylation sites is 1. The minimum atomic E-state index is -1.19. The molecule has 0 saturated heterocycles. The predicted octanol–water partition coefficient (Wildman–Crippen LogP) is 3.75. The number of rotatable bonds is 5. The molecule has 0 atom stereocenters. The number of halogens is 1. The van der Waals surface area contributed by atoms with Gasteiger partial charge in [-0.05, 0) is 39.0 Å². The lowest BCUT2D eigenvalue weighted by molar-refractivity contribution is -0.384. The molecule has 0 aliphatic heterocycles. The van der Waals surface area contributed by atoms with E-state index in [0.29, 0.717) is 6.54 Å². The average molecular weight is 371 g/mol. The second-order valence-electron chi connectivity index (χ2n) is 4.35. The molecule has 1 aromatic carbocycles. The zero-order chi connectivity index (χ0) is 15.6. The number of nitro benzene ring substituents is 1. The normalized spacial score (nSPS) is 10.4. The lowest BCUT2D eigenvalue weighted by Gasteiger charge is -2.20. The van der Waals surface area contributed by atoms with E-state index in [1.807, 2.05) is 11.4 Å². The van der Waals surface area contributed by atoms with E-state index in [2.05, 4.69) is 15.9 Å². The summed E-state index contributed by atoms with van der Waals surface area (Å²) in [6, 6.07) is 5.95. The molecule has 0 aliphatic carbocycles. The average Bonchev–Trinajstić information content (AvgIpc) is 2.82. The number of hydrogen-bond donors (Lipinski definition) is 1. The number of carboxylic acid groups (broad SMARTS) is 1. The molecule has 21 heavy (non-hydrogen) atoms. The fourth-order valence-corrected chi connectivity index (χ4v) is 3.23. The van der Waals surface area contributed by atoms with Crippen LogP contribution in [0.15, 0.2) is 33.4 Å². The van der Waals surface area contributed by atoms with Gasteiger partial charge >= 0.3 is 5.97 Å². The molecule has 2 rings (SSSR count). The summed E-state index contributed by atoms with van der Waals surface area (Å²) in [6.45, 7) is 0.382. The second-order valence-corrected chi connectivity index (χ2v) is 6.64. The third-order valence-electron chi connectivity index (χ3n) is 2.87. The molecule has 0 bridgehead atoms. The molecule has 0 fully saturated rings. The highest BCUT2D eigenvalue weighted by Crippen LogP contribution is 2.33. The number of nitro groups is 1. The van der Waals surface area contributed by atoms with Crippen LogP contribution in [-0.2, 0) is 6.54 Å². The van der Waals surface area contributed by atoms with Crippen molar-refractivity contribution in [3.05, 3.63) is 54.7 Å². The van der Waals surface area contributed by atoms with Crippen LogP contribution in [0.25, 0.3) is 0 Å². The van der Waals surface area contributed by atoms with Crippen LogP contribution in [0.1, 0.15) is 15.9 Å². The van der Waals surface area contributed by atoms with Gasteiger partial charge in [0.25, 0.3) is 5.69 Å². The number of nitrogens with zero attached hydrogens (tertiary/aromatic N) is 2. The maximum absolute atomic E-state index is 11.3. The van der Waals surface area contributed by atoms with Gasteiger partial charge in [-0.1, -0.05) is 6.07 Å². The van der Waals surface area contributed by atoms with Gasteiger partial charge in [0.05, 0.1) is 14.3 Å². The van der Waals surface area contributed by atoms with E-state index < -0.39 is 10.9 Å². The fraction of sp³-hybridized carbons (Fsp3) is 0.154. The molecule has 0 amide bonds. The van der Waals surface area contributed by atoms with Gasteiger partial charge in [-0.25, -0.2) is 4.79 Å². The van der Waals surface area contributed by atoms with Crippen LogP contribution >= 0.6 is 27.3 Å². The highest BCUT2D eigenvalue weighted by atomic mass is 79.9. The smallest absolute Gasteiger partial charge is 0.338 e. The topological polar surface area (TPSA) is 83.7 Å². The molecule has 0 aliphatic rings. The molecule has 0 saturated carbocycles. The van der Waals surface area contributed by atoms with Crippen molar-refractivity contribution >= 4 is 44.6 Å². The summed E-state index contributed by atoms with van der Waals surface area (Å²) in [5.74, 6) is -1.19. The monoisotopic (exact) mass is 370 g/mol. The van der Waals surface area contributed by atoms with Crippen LogP contribution in [0.4, 0.5) is 11.4 Å². The van der Waals surface area contributed by atoms with E-state index in [1.54, 1.807) is 11.9 Å². The van der Waals surface area contributed by atoms with Gasteiger partial charge < -0.3 is 10.0 Å². The summed E-state index contributed by atoms with van der Waals surface area (Å²) < 4.78 is 0.951. The van der Waals surface area contributed by atoms with Crippen LogP contribution in [0.5, 0.6) is 0 Å². The summed E-state index contributed by atoms with van der Waals surface area (Å²) in [5.41, 5.74) is 0.758. The second kappa shape index (κ2) is 6.23. The first-order valence-corrected chi connectivity index (χ1v) is 7.52. The Balaban J connectivity index is 2.44. The van der Waals surface area contributed by atoms with Gasteiger partial charge in [-0.3, -0.25) is 10.1 Å². The molecule has 0 radical (unpaired) electrons. The van der Waals surface area contributed by atoms with Crippen molar-refractivity contribution < 1.29 is 14.8 Å². The highest BCUT2D eigenvalue weighted by molar-refractivity contribution is 9.11. The standard InChI is InChI=1S/C13H11BrN2O4S/c1-15(6-8-5-11(14)21-7-8)12-9(13(17)18)3-2-4-10(12)16(19)20/h2-5,7H,6H2,1H3,(H,17,18). The van der Waals surface area contributed by atoms with E-state index in [-0.39, 0.29) is 16.9 Å². The molecule has 1 heterocycles. The zero-order valence-electron chi connectivity index (χ0n) is 10.9. The Bertz CT molecular complexity index is 669. The van der Waals surface area contributed by atoms with Gasteiger partial charge in [-0.2, -0.15) is 0 Å². The Morgan fingerprint density at radius 1 is 1.52 bits per heavy atom. The van der Waals surface area contributed by atoms with Crippen molar-refractivity contribution in [1.29, 1.82) is 0 Å². The number of carboxylic acids is 1. The zero-order valence-corrected chi connectivity index (χ0v) is 13.3. The number of thiophene rings is 1. The number of aromatic carboxylic acids is 1. The third kappa shape index (κ3) is 3.40. The molecule has 0 spiro atoms. The Kier molecular flexibility index (Phi) is 4.59. The van der Waals surface area contributed by atoms with Gasteiger partial charge in [0.15, 0.2) is 0 Å². The fourth-order valence-electron chi connectivity index (χ4n) is 2.03. The molecule has 110 valence electrons. The van der Waals surface area contributed by atoms with E-state index in [9.17, 15) is 20.0 Å². The molecular weight excluding hydrogens is 360 g/mol. The van der Waals surface area contributed by atoms with Crippen LogP contribution in [0.2, 0.25) is 0 Å². The first kappa shape index (κ1) is 15.5.